The van der Waals surface area contributed by atoms with E-state index in [1.807, 2.05) is 22.9 Å². The van der Waals surface area contributed by atoms with Crippen molar-refractivity contribution in [2.45, 2.75) is 32.4 Å². The van der Waals surface area contributed by atoms with Crippen LogP contribution in [0.1, 0.15) is 33.9 Å². The van der Waals surface area contributed by atoms with Gasteiger partial charge in [-0.2, -0.15) is 0 Å². The van der Waals surface area contributed by atoms with Gasteiger partial charge in [0.1, 0.15) is 17.2 Å². The molecule has 0 N–H and O–H groups in total. The van der Waals surface area contributed by atoms with Crippen LogP contribution in [0.15, 0.2) is 66.7 Å². The minimum absolute atomic E-state index is 0.0831. The highest BCUT2D eigenvalue weighted by atomic mass is 16.6. The number of epoxide rings is 1. The average Bonchev–Trinajstić information content (AvgIpc) is 3.38. The molecule has 0 radical (unpaired) electrons. The maximum atomic E-state index is 6.26. The molecule has 1 aromatic heterocycles. The summed E-state index contributed by atoms with van der Waals surface area (Å²) >= 11 is 0. The second kappa shape index (κ2) is 6.28. The van der Waals surface area contributed by atoms with Crippen LogP contribution in [0.3, 0.4) is 0 Å². The lowest BCUT2D eigenvalue weighted by atomic mass is 9.84. The molecule has 0 aliphatic carbocycles. The Hall–Kier alpha value is -2.98. The molecule has 4 heteroatoms. The van der Waals surface area contributed by atoms with Gasteiger partial charge in [0.2, 0.25) is 0 Å². The van der Waals surface area contributed by atoms with Crippen molar-refractivity contribution < 1.29 is 4.74 Å². The van der Waals surface area contributed by atoms with E-state index in [2.05, 4.69) is 79.6 Å². The van der Waals surface area contributed by atoms with Crippen LogP contribution in [-0.4, -0.2) is 21.6 Å². The Morgan fingerprint density at radius 2 is 1.71 bits per heavy atom. The van der Waals surface area contributed by atoms with E-state index in [9.17, 15) is 0 Å². The van der Waals surface area contributed by atoms with Gasteiger partial charge >= 0.3 is 0 Å². The Labute approximate surface area is 164 Å². The molecule has 2 atom stereocenters. The number of benzene rings is 3. The molecule has 3 aromatic carbocycles. The third-order valence-corrected chi connectivity index (χ3v) is 5.73. The number of fused-ring (bicyclic) bond motifs is 1. The van der Waals surface area contributed by atoms with Gasteiger partial charge < -0.3 is 4.74 Å². The van der Waals surface area contributed by atoms with Gasteiger partial charge in [-0.25, -0.2) is 4.68 Å². The third-order valence-electron chi connectivity index (χ3n) is 5.73. The van der Waals surface area contributed by atoms with E-state index < -0.39 is 5.60 Å². The summed E-state index contributed by atoms with van der Waals surface area (Å²) in [6.45, 7) is 7.08. The Morgan fingerprint density at radius 1 is 0.929 bits per heavy atom. The Bertz CT molecular complexity index is 1170. The maximum Gasteiger partial charge on any atom is 0.143 e. The number of hydrogen-bond donors (Lipinski definition) is 0. The molecule has 1 fully saturated rings. The molecular weight excluding hydrogens is 346 g/mol. The summed E-state index contributed by atoms with van der Waals surface area (Å²) in [4.78, 5) is 0. The predicted molar refractivity (Wildman–Crippen MR) is 110 cm³/mol. The molecule has 0 unspecified atom stereocenters. The van der Waals surface area contributed by atoms with Crippen LogP contribution < -0.4 is 0 Å². The van der Waals surface area contributed by atoms with Crippen molar-refractivity contribution in [1.82, 2.24) is 15.0 Å². The van der Waals surface area contributed by atoms with Gasteiger partial charge in [0, 0.05) is 0 Å². The zero-order valence-electron chi connectivity index (χ0n) is 16.4. The molecule has 4 nitrogen and oxygen atoms in total. The van der Waals surface area contributed by atoms with E-state index >= 15 is 0 Å². The van der Waals surface area contributed by atoms with Crippen molar-refractivity contribution in [3.8, 4) is 0 Å². The van der Waals surface area contributed by atoms with Crippen molar-refractivity contribution in [2.75, 3.05) is 6.61 Å². The zero-order valence-corrected chi connectivity index (χ0v) is 16.4. The quantitative estimate of drug-likeness (QED) is 0.482. The topological polar surface area (TPSA) is 43.2 Å². The Morgan fingerprint density at radius 3 is 2.50 bits per heavy atom. The maximum absolute atomic E-state index is 6.26. The van der Waals surface area contributed by atoms with E-state index in [1.165, 1.54) is 27.8 Å². The molecule has 2 heterocycles. The van der Waals surface area contributed by atoms with E-state index in [0.29, 0.717) is 6.61 Å². The van der Waals surface area contributed by atoms with Crippen LogP contribution in [0.2, 0.25) is 0 Å². The molecule has 0 spiro atoms. The number of para-hydroxylation sites is 1. The molecule has 0 bridgehead atoms. The van der Waals surface area contributed by atoms with Gasteiger partial charge in [0.15, 0.2) is 0 Å². The summed E-state index contributed by atoms with van der Waals surface area (Å²) in [6.07, 6.45) is 0. The first-order valence-corrected chi connectivity index (χ1v) is 9.67. The summed E-state index contributed by atoms with van der Waals surface area (Å²) in [6, 6.07) is 23.3. The molecule has 140 valence electrons. The van der Waals surface area contributed by atoms with Crippen LogP contribution in [0, 0.1) is 20.8 Å². The van der Waals surface area contributed by atoms with E-state index in [4.69, 9.17) is 4.74 Å². The normalized spacial score (nSPS) is 19.7. The summed E-state index contributed by atoms with van der Waals surface area (Å²) in [5.41, 5.74) is 7.62. The first-order chi connectivity index (χ1) is 13.6. The van der Waals surface area contributed by atoms with Gasteiger partial charge in [-0.3, -0.25) is 0 Å². The van der Waals surface area contributed by atoms with Crippen LogP contribution in [-0.2, 0) is 10.3 Å². The SMILES string of the molecule is Cc1cccc([C@@H](n2nnc3ccccc32)[C@]2(c3cc(C)ccc3C)CO2)c1. The molecule has 1 aliphatic heterocycles. The largest absolute Gasteiger partial charge is 0.362 e. The second-order valence-corrected chi connectivity index (χ2v) is 7.84. The summed E-state index contributed by atoms with van der Waals surface area (Å²) in [5, 5.41) is 8.99. The fraction of sp³-hybridized carbons (Fsp3) is 0.250. The van der Waals surface area contributed by atoms with Crippen molar-refractivity contribution in [1.29, 1.82) is 0 Å². The minimum Gasteiger partial charge on any atom is -0.362 e. The lowest BCUT2D eigenvalue weighted by molar-refractivity contribution is 0.234. The molecule has 1 saturated heterocycles. The van der Waals surface area contributed by atoms with E-state index in [-0.39, 0.29) is 6.04 Å². The van der Waals surface area contributed by atoms with Gasteiger partial charge in [-0.1, -0.05) is 70.9 Å². The summed E-state index contributed by atoms with van der Waals surface area (Å²) in [7, 11) is 0. The fourth-order valence-electron chi connectivity index (χ4n) is 4.26. The van der Waals surface area contributed by atoms with Crippen molar-refractivity contribution >= 4 is 11.0 Å². The number of nitrogens with zero attached hydrogens (tertiary/aromatic N) is 3. The molecule has 4 aromatic rings. The van der Waals surface area contributed by atoms with Crippen molar-refractivity contribution in [3.63, 3.8) is 0 Å². The molecule has 28 heavy (non-hydrogen) atoms. The van der Waals surface area contributed by atoms with Crippen LogP contribution in [0.25, 0.3) is 11.0 Å². The number of aromatic nitrogens is 3. The monoisotopic (exact) mass is 369 g/mol. The first-order valence-electron chi connectivity index (χ1n) is 9.67. The first kappa shape index (κ1) is 17.1. The highest BCUT2D eigenvalue weighted by Crippen LogP contribution is 2.52. The number of rotatable bonds is 4. The predicted octanol–water partition coefficient (Wildman–Crippen LogP) is 4.87. The van der Waals surface area contributed by atoms with Crippen molar-refractivity contribution in [3.05, 3.63) is 94.5 Å². The number of aryl methyl sites for hydroxylation is 3. The molecule has 0 saturated carbocycles. The standard InChI is InChI=1S/C24H23N3O/c1-16-7-6-8-19(13-16)23(27-22-10-5-4-9-21(22)25-26-27)24(15-28-24)20-14-17(2)11-12-18(20)3/h4-14,23H,15H2,1-3H3/t23-,24-/m1/s1. The van der Waals surface area contributed by atoms with Gasteiger partial charge in [-0.15, -0.1) is 5.10 Å². The third kappa shape index (κ3) is 2.64. The highest BCUT2D eigenvalue weighted by molar-refractivity contribution is 5.74. The van der Waals surface area contributed by atoms with Gasteiger partial charge in [0.25, 0.3) is 0 Å². The van der Waals surface area contributed by atoms with Crippen LogP contribution >= 0.6 is 0 Å². The lowest BCUT2D eigenvalue weighted by Gasteiger charge is -2.27. The summed E-state index contributed by atoms with van der Waals surface area (Å²) < 4.78 is 8.30. The van der Waals surface area contributed by atoms with Gasteiger partial charge in [0.05, 0.1) is 12.1 Å². The lowest BCUT2D eigenvalue weighted by Crippen LogP contribution is -2.29. The number of ether oxygens (including phenoxy) is 1. The van der Waals surface area contributed by atoms with Crippen LogP contribution in [0.5, 0.6) is 0 Å². The Balaban J connectivity index is 1.77. The van der Waals surface area contributed by atoms with E-state index in [1.54, 1.807) is 0 Å². The molecule has 0 amide bonds. The second-order valence-electron chi connectivity index (χ2n) is 7.84. The van der Waals surface area contributed by atoms with Crippen LogP contribution in [0.4, 0.5) is 0 Å². The highest BCUT2D eigenvalue weighted by Gasteiger charge is 2.56. The van der Waals surface area contributed by atoms with Gasteiger partial charge in [-0.05, 0) is 49.6 Å². The summed E-state index contributed by atoms with van der Waals surface area (Å²) in [5.74, 6) is 0. The van der Waals surface area contributed by atoms with E-state index in [0.717, 1.165) is 11.0 Å². The zero-order chi connectivity index (χ0) is 19.3. The average molecular weight is 369 g/mol. The Kier molecular flexibility index (Phi) is 3.84. The molecule has 5 rings (SSSR count). The number of hydrogen-bond acceptors (Lipinski definition) is 3. The minimum atomic E-state index is -0.430. The van der Waals surface area contributed by atoms with Crippen molar-refractivity contribution in [2.24, 2.45) is 0 Å². The fourth-order valence-corrected chi connectivity index (χ4v) is 4.26. The molecule has 1 aliphatic rings. The smallest absolute Gasteiger partial charge is 0.143 e. The molecular formula is C24H23N3O.